The second kappa shape index (κ2) is 5.05. The van der Waals surface area contributed by atoms with Gasteiger partial charge in [-0.2, -0.15) is 0 Å². The zero-order valence-electron chi connectivity index (χ0n) is 9.73. The molecule has 0 aromatic heterocycles. The topological polar surface area (TPSA) is 73.6 Å². The van der Waals surface area contributed by atoms with Crippen LogP contribution in [0, 0.1) is 5.92 Å². The average Bonchev–Trinajstić information content (AvgIpc) is 2.37. The lowest BCUT2D eigenvalue weighted by atomic mass is 10.1. The van der Waals surface area contributed by atoms with Crippen molar-refractivity contribution in [3.05, 3.63) is 18.2 Å². The van der Waals surface area contributed by atoms with Crippen molar-refractivity contribution in [3.63, 3.8) is 0 Å². The Hall–Kier alpha value is -1.75. The van der Waals surface area contributed by atoms with Crippen LogP contribution in [0.4, 0.5) is 5.69 Å². The Labute approximate surface area is 99.9 Å². The summed E-state index contributed by atoms with van der Waals surface area (Å²) in [7, 11) is 0. The zero-order chi connectivity index (χ0) is 12.3. The summed E-state index contributed by atoms with van der Waals surface area (Å²) >= 11 is 0. The molecule has 17 heavy (non-hydrogen) atoms. The summed E-state index contributed by atoms with van der Waals surface area (Å²) in [6, 6.07) is 5.33. The number of amides is 1. The number of benzene rings is 1. The van der Waals surface area contributed by atoms with E-state index in [1.807, 2.05) is 0 Å². The molecule has 2 rings (SSSR count). The number of hydrogen-bond donors (Lipinski definition) is 2. The molecule has 1 heterocycles. The fourth-order valence-corrected chi connectivity index (χ4v) is 1.49. The summed E-state index contributed by atoms with van der Waals surface area (Å²) in [5, 5.41) is 2.79. The van der Waals surface area contributed by atoms with E-state index in [4.69, 9.17) is 15.2 Å². The molecule has 5 nitrogen and oxygen atoms in total. The van der Waals surface area contributed by atoms with Crippen LogP contribution in [0.1, 0.15) is 6.92 Å². The quantitative estimate of drug-likeness (QED) is 0.820. The van der Waals surface area contributed by atoms with Gasteiger partial charge in [0.2, 0.25) is 5.91 Å². The van der Waals surface area contributed by atoms with Gasteiger partial charge in [0, 0.05) is 24.2 Å². The Morgan fingerprint density at radius 2 is 2.12 bits per heavy atom. The van der Waals surface area contributed by atoms with E-state index < -0.39 is 0 Å². The molecular weight excluding hydrogens is 220 g/mol. The molecule has 1 aromatic carbocycles. The van der Waals surface area contributed by atoms with E-state index in [1.54, 1.807) is 25.1 Å². The van der Waals surface area contributed by atoms with Crippen molar-refractivity contribution in [1.29, 1.82) is 0 Å². The molecule has 92 valence electrons. The van der Waals surface area contributed by atoms with Crippen LogP contribution in [0.25, 0.3) is 0 Å². The largest absolute Gasteiger partial charge is 0.486 e. The molecule has 1 aromatic rings. The van der Waals surface area contributed by atoms with Crippen molar-refractivity contribution in [1.82, 2.24) is 0 Å². The predicted molar refractivity (Wildman–Crippen MR) is 64.3 cm³/mol. The highest BCUT2D eigenvalue weighted by molar-refractivity contribution is 5.92. The predicted octanol–water partition coefficient (Wildman–Crippen LogP) is 0.991. The summed E-state index contributed by atoms with van der Waals surface area (Å²) in [6.07, 6.45) is 0. The van der Waals surface area contributed by atoms with Gasteiger partial charge in [0.05, 0.1) is 0 Å². The van der Waals surface area contributed by atoms with Gasteiger partial charge in [0.25, 0.3) is 0 Å². The SMILES string of the molecule is CC(CN)C(=O)Nc1ccc2c(c1)OCCO2. The third-order valence-electron chi connectivity index (χ3n) is 2.61. The van der Waals surface area contributed by atoms with Gasteiger partial charge < -0.3 is 20.5 Å². The second-order valence-corrected chi connectivity index (χ2v) is 3.98. The summed E-state index contributed by atoms with van der Waals surface area (Å²) in [4.78, 5) is 11.6. The zero-order valence-corrected chi connectivity index (χ0v) is 9.73. The number of hydrogen-bond acceptors (Lipinski definition) is 4. The molecule has 0 spiro atoms. The van der Waals surface area contributed by atoms with Crippen molar-refractivity contribution in [2.24, 2.45) is 11.7 Å². The van der Waals surface area contributed by atoms with E-state index in [0.29, 0.717) is 36.9 Å². The van der Waals surface area contributed by atoms with Crippen LogP contribution in [-0.2, 0) is 4.79 Å². The Morgan fingerprint density at radius 1 is 1.41 bits per heavy atom. The van der Waals surface area contributed by atoms with Crippen LogP contribution < -0.4 is 20.5 Å². The van der Waals surface area contributed by atoms with Crippen molar-refractivity contribution < 1.29 is 14.3 Å². The first-order valence-corrected chi connectivity index (χ1v) is 5.61. The maximum atomic E-state index is 11.6. The van der Waals surface area contributed by atoms with Gasteiger partial charge in [-0.15, -0.1) is 0 Å². The molecule has 0 bridgehead atoms. The monoisotopic (exact) mass is 236 g/mol. The fraction of sp³-hybridized carbons (Fsp3) is 0.417. The third-order valence-corrected chi connectivity index (χ3v) is 2.61. The minimum atomic E-state index is -0.205. The standard InChI is InChI=1S/C12H16N2O3/c1-8(7-13)12(15)14-9-2-3-10-11(6-9)17-5-4-16-10/h2-3,6,8H,4-5,7,13H2,1H3,(H,14,15). The lowest BCUT2D eigenvalue weighted by Crippen LogP contribution is -2.26. The molecule has 0 fully saturated rings. The minimum Gasteiger partial charge on any atom is -0.486 e. The van der Waals surface area contributed by atoms with Crippen molar-refractivity contribution >= 4 is 11.6 Å². The van der Waals surface area contributed by atoms with Gasteiger partial charge in [0.1, 0.15) is 13.2 Å². The van der Waals surface area contributed by atoms with Crippen LogP contribution in [0.3, 0.4) is 0 Å². The van der Waals surface area contributed by atoms with Gasteiger partial charge in [-0.1, -0.05) is 6.92 Å². The number of carbonyl (C=O) groups is 1. The van der Waals surface area contributed by atoms with E-state index >= 15 is 0 Å². The highest BCUT2D eigenvalue weighted by Gasteiger charge is 2.14. The lowest BCUT2D eigenvalue weighted by Gasteiger charge is -2.19. The van der Waals surface area contributed by atoms with Gasteiger partial charge >= 0.3 is 0 Å². The Bertz CT molecular complexity index is 420. The molecule has 0 radical (unpaired) electrons. The van der Waals surface area contributed by atoms with E-state index in [1.165, 1.54) is 0 Å². The first-order valence-electron chi connectivity index (χ1n) is 5.61. The highest BCUT2D eigenvalue weighted by atomic mass is 16.6. The normalized spacial score (nSPS) is 15.2. The Morgan fingerprint density at radius 3 is 2.82 bits per heavy atom. The van der Waals surface area contributed by atoms with Crippen LogP contribution in [0.15, 0.2) is 18.2 Å². The van der Waals surface area contributed by atoms with E-state index in [-0.39, 0.29) is 11.8 Å². The van der Waals surface area contributed by atoms with E-state index in [2.05, 4.69) is 5.32 Å². The lowest BCUT2D eigenvalue weighted by molar-refractivity contribution is -0.119. The first kappa shape index (κ1) is 11.7. The van der Waals surface area contributed by atoms with Gasteiger partial charge in [-0.05, 0) is 12.1 Å². The summed E-state index contributed by atoms with van der Waals surface area (Å²) < 4.78 is 10.8. The molecular formula is C12H16N2O3. The number of carbonyl (C=O) groups excluding carboxylic acids is 1. The minimum absolute atomic E-state index is 0.0934. The maximum Gasteiger partial charge on any atom is 0.228 e. The molecule has 1 aliphatic rings. The molecule has 1 unspecified atom stereocenters. The summed E-state index contributed by atoms with van der Waals surface area (Å²) in [5.41, 5.74) is 6.13. The number of nitrogens with one attached hydrogen (secondary N) is 1. The van der Waals surface area contributed by atoms with E-state index in [9.17, 15) is 4.79 Å². The second-order valence-electron chi connectivity index (χ2n) is 3.98. The van der Waals surface area contributed by atoms with Crippen molar-refractivity contribution in [2.75, 3.05) is 25.1 Å². The number of fused-ring (bicyclic) bond motifs is 1. The van der Waals surface area contributed by atoms with E-state index in [0.717, 1.165) is 0 Å². The third kappa shape index (κ3) is 2.68. The maximum absolute atomic E-state index is 11.6. The first-order chi connectivity index (χ1) is 8.20. The summed E-state index contributed by atoms with van der Waals surface area (Å²) in [5.74, 6) is 1.07. The number of ether oxygens (including phenoxy) is 2. The molecule has 5 heteroatoms. The number of rotatable bonds is 3. The molecule has 0 aliphatic carbocycles. The number of anilines is 1. The summed E-state index contributed by atoms with van der Waals surface area (Å²) in [6.45, 7) is 3.20. The Kier molecular flexibility index (Phi) is 3.49. The highest BCUT2D eigenvalue weighted by Crippen LogP contribution is 2.32. The Balaban J connectivity index is 2.09. The smallest absolute Gasteiger partial charge is 0.228 e. The molecule has 3 N–H and O–H groups in total. The van der Waals surface area contributed by atoms with Gasteiger partial charge in [-0.3, -0.25) is 4.79 Å². The number of nitrogens with two attached hydrogens (primary N) is 1. The van der Waals surface area contributed by atoms with Crippen molar-refractivity contribution in [2.45, 2.75) is 6.92 Å². The van der Waals surface area contributed by atoms with Crippen LogP contribution in [0.2, 0.25) is 0 Å². The molecule has 1 atom stereocenters. The van der Waals surface area contributed by atoms with Gasteiger partial charge in [0.15, 0.2) is 11.5 Å². The average molecular weight is 236 g/mol. The van der Waals surface area contributed by atoms with Crippen LogP contribution in [-0.4, -0.2) is 25.7 Å². The molecule has 0 saturated carbocycles. The molecule has 1 aliphatic heterocycles. The van der Waals surface area contributed by atoms with Crippen LogP contribution in [0.5, 0.6) is 11.5 Å². The van der Waals surface area contributed by atoms with Crippen LogP contribution >= 0.6 is 0 Å². The fourth-order valence-electron chi connectivity index (χ4n) is 1.49. The van der Waals surface area contributed by atoms with Gasteiger partial charge in [-0.25, -0.2) is 0 Å². The molecule has 1 amide bonds. The molecule has 0 saturated heterocycles. The van der Waals surface area contributed by atoms with Crippen molar-refractivity contribution in [3.8, 4) is 11.5 Å².